The molecule has 1 radical (unpaired) electrons. The fourth-order valence-electron chi connectivity index (χ4n) is 2.79. The Kier molecular flexibility index (Phi) is 6.51. The van der Waals surface area contributed by atoms with Crippen molar-refractivity contribution in [2.75, 3.05) is 0 Å². The van der Waals surface area contributed by atoms with Crippen molar-refractivity contribution in [3.05, 3.63) is 57.3 Å². The lowest BCUT2D eigenvalue weighted by molar-refractivity contribution is -0.371. The van der Waals surface area contributed by atoms with Crippen LogP contribution in [0.4, 0.5) is 57.1 Å². The van der Waals surface area contributed by atoms with E-state index in [0.29, 0.717) is 12.1 Å². The van der Waals surface area contributed by atoms with Gasteiger partial charge in [-0.15, -0.1) is 0 Å². The molecule has 31 heavy (non-hydrogen) atoms. The van der Waals surface area contributed by atoms with Crippen molar-refractivity contribution in [2.45, 2.75) is 30.1 Å². The van der Waals surface area contributed by atoms with E-state index in [9.17, 15) is 52.7 Å². The quantitative estimate of drug-likeness (QED) is 0.252. The largest absolute Gasteiger partial charge is 0.457 e. The van der Waals surface area contributed by atoms with Gasteiger partial charge in [0.15, 0.2) is 0 Å². The van der Waals surface area contributed by atoms with E-state index in [-0.39, 0.29) is 6.42 Å². The lowest BCUT2D eigenvalue weighted by Crippen LogP contribution is -2.63. The molecule has 1 aromatic carbocycles. The highest BCUT2D eigenvalue weighted by Crippen LogP contribution is 2.61. The predicted octanol–water partition coefficient (Wildman–Crippen LogP) is 7.76. The van der Waals surface area contributed by atoms with Crippen LogP contribution in [0.1, 0.15) is 5.56 Å². The third kappa shape index (κ3) is 4.27. The van der Waals surface area contributed by atoms with E-state index in [1.54, 1.807) is 0 Å². The van der Waals surface area contributed by atoms with Crippen LogP contribution in [0.25, 0.3) is 5.57 Å². The number of hydrogen-bond donors (Lipinski definition) is 0. The molecule has 14 heteroatoms. The van der Waals surface area contributed by atoms with Gasteiger partial charge in [-0.2, -0.15) is 48.3 Å². The molecule has 0 saturated carbocycles. The topological polar surface area (TPSA) is 0 Å². The Bertz CT molecular complexity index is 904. The summed E-state index contributed by atoms with van der Waals surface area (Å²) < 4.78 is 174. The van der Waals surface area contributed by atoms with Crippen LogP contribution in [-0.2, 0) is 0 Å². The maximum Gasteiger partial charge on any atom is 0.457 e. The molecule has 0 aliphatic heterocycles. The Balaban J connectivity index is 2.98. The molecule has 0 heterocycles. The van der Waals surface area contributed by atoms with Gasteiger partial charge in [0, 0.05) is 26.7 Å². The molecule has 1 aromatic rings. The van der Waals surface area contributed by atoms with Crippen LogP contribution in [0.3, 0.4) is 0 Å². The van der Waals surface area contributed by atoms with Gasteiger partial charge in [0.2, 0.25) is 0 Å². The van der Waals surface area contributed by atoms with E-state index < -0.39 is 68.2 Å². The summed E-state index contributed by atoms with van der Waals surface area (Å²) in [5.41, 5.74) is -12.0. The van der Waals surface area contributed by atoms with Gasteiger partial charge in [0.1, 0.15) is 5.82 Å². The minimum absolute atomic E-state index is 0.147. The molecule has 2 rings (SSSR count). The van der Waals surface area contributed by atoms with Gasteiger partial charge in [0.05, 0.1) is 5.92 Å². The van der Waals surface area contributed by atoms with Crippen molar-refractivity contribution in [3.8, 4) is 0 Å². The van der Waals surface area contributed by atoms with Gasteiger partial charge in [-0.05, 0) is 28.7 Å². The molecule has 0 N–H and O–H groups in total. The highest BCUT2D eigenvalue weighted by atomic mass is 127. The smallest absolute Gasteiger partial charge is 0.221 e. The van der Waals surface area contributed by atoms with Crippen LogP contribution in [0.15, 0.2) is 39.5 Å². The molecule has 0 nitrogen and oxygen atoms in total. The van der Waals surface area contributed by atoms with E-state index >= 15 is 4.39 Å². The summed E-state index contributed by atoms with van der Waals surface area (Å²) in [6.07, 6.45) is -20.3. The summed E-state index contributed by atoms with van der Waals surface area (Å²) >= 11 is 0.883. The van der Waals surface area contributed by atoms with Gasteiger partial charge in [-0.25, -0.2) is 8.78 Å². The van der Waals surface area contributed by atoms with E-state index in [4.69, 9.17) is 0 Å². The number of halogens is 14. The summed E-state index contributed by atoms with van der Waals surface area (Å²) in [6.45, 7) is 0. The number of hydrogen-bond acceptors (Lipinski definition) is 0. The summed E-state index contributed by atoms with van der Waals surface area (Å²) in [4.78, 5) is 0. The van der Waals surface area contributed by atoms with Crippen molar-refractivity contribution in [2.24, 2.45) is 5.92 Å². The van der Waals surface area contributed by atoms with Crippen molar-refractivity contribution < 1.29 is 57.1 Å². The summed E-state index contributed by atoms with van der Waals surface area (Å²) in [7, 11) is 0. The molecule has 0 spiro atoms. The third-order valence-electron chi connectivity index (χ3n) is 4.25. The minimum Gasteiger partial charge on any atom is -0.221 e. The SMILES string of the molecule is Fc1ccccc1C1=C(I)[CH]C(C(F)(F)F)C=C1C(F)(C(F)(F)F)C(F)(F)C(F)(F)F. The molecule has 0 saturated heterocycles. The monoisotopic (exact) mass is 585 g/mol. The summed E-state index contributed by atoms with van der Waals surface area (Å²) in [6, 6.07) is 3.02. The molecule has 1 aliphatic rings. The first-order chi connectivity index (χ1) is 13.8. The number of alkyl halides is 12. The summed E-state index contributed by atoms with van der Waals surface area (Å²) in [5.74, 6) is -11.9. The van der Waals surface area contributed by atoms with Crippen molar-refractivity contribution in [3.63, 3.8) is 0 Å². The van der Waals surface area contributed by atoms with Gasteiger partial charge >= 0.3 is 30.1 Å². The molecule has 2 unspecified atom stereocenters. The Labute approximate surface area is 178 Å². The molecule has 0 bridgehead atoms. The zero-order valence-electron chi connectivity index (χ0n) is 14.3. The molecular formula is C17H7F13I. The average Bonchev–Trinajstić information content (AvgIpc) is 2.58. The highest BCUT2D eigenvalue weighted by Gasteiger charge is 2.83. The van der Waals surface area contributed by atoms with Crippen LogP contribution in [0, 0.1) is 18.2 Å². The van der Waals surface area contributed by atoms with Crippen molar-refractivity contribution in [1.29, 1.82) is 0 Å². The maximum absolute atomic E-state index is 15.1. The molecular weight excluding hydrogens is 578 g/mol. The van der Waals surface area contributed by atoms with Crippen LogP contribution < -0.4 is 0 Å². The first kappa shape index (κ1) is 25.8. The highest BCUT2D eigenvalue weighted by molar-refractivity contribution is 14.1. The zero-order valence-corrected chi connectivity index (χ0v) is 16.5. The van der Waals surface area contributed by atoms with Gasteiger partial charge in [0.25, 0.3) is 0 Å². The van der Waals surface area contributed by atoms with Crippen LogP contribution >= 0.6 is 22.6 Å². The van der Waals surface area contributed by atoms with E-state index in [2.05, 4.69) is 0 Å². The third-order valence-corrected chi connectivity index (χ3v) is 5.15. The van der Waals surface area contributed by atoms with Crippen LogP contribution in [0.2, 0.25) is 0 Å². The zero-order chi connectivity index (χ0) is 24.2. The van der Waals surface area contributed by atoms with E-state index in [1.807, 2.05) is 0 Å². The Morgan fingerprint density at radius 3 is 1.68 bits per heavy atom. The minimum atomic E-state index is -7.22. The van der Waals surface area contributed by atoms with Crippen LogP contribution in [-0.4, -0.2) is 30.1 Å². The molecule has 0 aromatic heterocycles. The normalized spacial score (nSPS) is 21.1. The molecule has 0 amide bonds. The number of rotatable bonds is 3. The first-order valence-electron chi connectivity index (χ1n) is 7.76. The van der Waals surface area contributed by atoms with Gasteiger partial charge < -0.3 is 0 Å². The lowest BCUT2D eigenvalue weighted by atomic mass is 9.75. The second kappa shape index (κ2) is 7.83. The molecule has 173 valence electrons. The first-order valence-corrected chi connectivity index (χ1v) is 8.83. The molecule has 2 atom stereocenters. The van der Waals surface area contributed by atoms with E-state index in [1.165, 1.54) is 0 Å². The second-order valence-electron chi connectivity index (χ2n) is 6.25. The number of benzene rings is 1. The maximum atomic E-state index is 15.1. The Morgan fingerprint density at radius 2 is 1.26 bits per heavy atom. The number of allylic oxidation sites excluding steroid dienone is 4. The van der Waals surface area contributed by atoms with Crippen molar-refractivity contribution in [1.82, 2.24) is 0 Å². The van der Waals surface area contributed by atoms with Crippen LogP contribution in [0.5, 0.6) is 0 Å². The fraction of sp³-hybridized carbons (Fsp3) is 0.353. The Morgan fingerprint density at radius 1 is 0.742 bits per heavy atom. The fourth-order valence-corrected chi connectivity index (χ4v) is 3.76. The van der Waals surface area contributed by atoms with E-state index in [0.717, 1.165) is 34.7 Å². The lowest BCUT2D eigenvalue weighted by Gasteiger charge is -2.40. The average molecular weight is 585 g/mol. The van der Waals surface area contributed by atoms with Gasteiger partial charge in [-0.3, -0.25) is 0 Å². The van der Waals surface area contributed by atoms with Crippen molar-refractivity contribution >= 4 is 28.2 Å². The standard InChI is InChI=1S/C17H7F13I/c18-10-4-2-1-3-8(10)12-9(5-7(6-11(12)31)14(20,21)22)13(19,16(25,26)27)15(23,24)17(28,29)30/h1-7H. The Hall–Kier alpha value is -1.48. The molecule has 0 fully saturated rings. The molecule has 1 aliphatic carbocycles. The predicted molar refractivity (Wildman–Crippen MR) is 90.2 cm³/mol. The van der Waals surface area contributed by atoms with Gasteiger partial charge in [-0.1, -0.05) is 24.3 Å². The summed E-state index contributed by atoms with van der Waals surface area (Å²) in [5, 5.41) is 0. The second-order valence-corrected chi connectivity index (χ2v) is 7.41.